The molecule has 0 bridgehead atoms. The molecule has 1 rings (SSSR count). The van der Waals surface area contributed by atoms with Gasteiger partial charge in [-0.05, 0) is 57.4 Å². The maximum atomic E-state index is 12.4. The molecule has 0 saturated carbocycles. The number of carboxylic acid groups (broad SMARTS) is 1. The van der Waals surface area contributed by atoms with Crippen molar-refractivity contribution >= 4 is 11.9 Å². The average Bonchev–Trinajstić information content (AvgIpc) is 2.36. The van der Waals surface area contributed by atoms with Crippen LogP contribution in [-0.4, -0.2) is 29.1 Å². The molecule has 1 aromatic carbocycles. The fraction of sp³-hybridized carbons (Fsp3) is 0.529. The number of rotatable bonds is 7. The Morgan fingerprint density at radius 1 is 1.23 bits per heavy atom. The maximum Gasteiger partial charge on any atom is 0.341 e. The molecule has 0 saturated heterocycles. The molecule has 2 N–H and O–H groups in total. The van der Waals surface area contributed by atoms with E-state index in [0.29, 0.717) is 11.3 Å². The molecule has 0 unspecified atom stereocenters. The lowest BCUT2D eigenvalue weighted by atomic mass is 9.97. The third kappa shape index (κ3) is 5.06. The molecule has 0 atom stereocenters. The van der Waals surface area contributed by atoms with Gasteiger partial charge in [-0.15, -0.1) is 0 Å². The summed E-state index contributed by atoms with van der Waals surface area (Å²) in [6, 6.07) is 3.45. The van der Waals surface area contributed by atoms with Gasteiger partial charge in [0.05, 0.1) is 0 Å². The summed E-state index contributed by atoms with van der Waals surface area (Å²) in [5.41, 5.74) is 1.80. The summed E-state index contributed by atoms with van der Waals surface area (Å²) in [5.74, 6) is -0.636. The molecule has 1 aromatic rings. The van der Waals surface area contributed by atoms with Crippen molar-refractivity contribution in [2.75, 3.05) is 6.61 Å². The second kappa shape index (κ2) is 7.29. The Hall–Kier alpha value is -2.04. The number of carbonyl (C=O) groups excluding carboxylic acids is 1. The first-order chi connectivity index (χ1) is 10.2. The SMILES string of the molecule is CCCC(C)(C)NC(=O)c1cc(C)c(OCC(=O)O)c(C)c1. The zero-order chi connectivity index (χ0) is 16.9. The van der Waals surface area contributed by atoms with Crippen LogP contribution in [0.25, 0.3) is 0 Å². The summed E-state index contributed by atoms with van der Waals surface area (Å²) in [6.07, 6.45) is 1.89. The van der Waals surface area contributed by atoms with Gasteiger partial charge in [-0.3, -0.25) is 4.79 Å². The lowest BCUT2D eigenvalue weighted by molar-refractivity contribution is -0.139. The highest BCUT2D eigenvalue weighted by Crippen LogP contribution is 2.25. The fourth-order valence-corrected chi connectivity index (χ4v) is 2.51. The van der Waals surface area contributed by atoms with Gasteiger partial charge in [0, 0.05) is 11.1 Å². The van der Waals surface area contributed by atoms with Crippen molar-refractivity contribution in [3.8, 4) is 5.75 Å². The summed E-state index contributed by atoms with van der Waals surface area (Å²) in [7, 11) is 0. The predicted octanol–water partition coefficient (Wildman–Crippen LogP) is 3.08. The third-order valence-corrected chi connectivity index (χ3v) is 3.39. The van der Waals surface area contributed by atoms with Crippen LogP contribution in [0.15, 0.2) is 12.1 Å². The molecule has 122 valence electrons. The smallest absolute Gasteiger partial charge is 0.341 e. The van der Waals surface area contributed by atoms with Gasteiger partial charge < -0.3 is 15.2 Å². The number of aryl methyl sites for hydroxylation is 2. The van der Waals surface area contributed by atoms with Crippen LogP contribution in [0.2, 0.25) is 0 Å². The molecular formula is C17H25NO4. The van der Waals surface area contributed by atoms with E-state index in [2.05, 4.69) is 12.2 Å². The normalized spacial score (nSPS) is 11.1. The molecule has 0 spiro atoms. The highest BCUT2D eigenvalue weighted by molar-refractivity contribution is 5.95. The molecule has 0 aliphatic rings. The van der Waals surface area contributed by atoms with Gasteiger partial charge in [-0.1, -0.05) is 13.3 Å². The zero-order valence-electron chi connectivity index (χ0n) is 13.9. The van der Waals surface area contributed by atoms with Crippen LogP contribution < -0.4 is 10.1 Å². The molecule has 1 amide bonds. The van der Waals surface area contributed by atoms with Crippen molar-refractivity contribution in [1.29, 1.82) is 0 Å². The minimum atomic E-state index is -1.03. The van der Waals surface area contributed by atoms with Crippen molar-refractivity contribution in [3.05, 3.63) is 28.8 Å². The first-order valence-electron chi connectivity index (χ1n) is 7.44. The molecule has 0 fully saturated rings. The average molecular weight is 307 g/mol. The summed E-state index contributed by atoms with van der Waals surface area (Å²) >= 11 is 0. The largest absolute Gasteiger partial charge is 0.481 e. The summed E-state index contributed by atoms with van der Waals surface area (Å²) in [6.45, 7) is 9.29. The van der Waals surface area contributed by atoms with E-state index in [1.165, 1.54) is 0 Å². The van der Waals surface area contributed by atoms with E-state index in [1.807, 2.05) is 13.8 Å². The van der Waals surface area contributed by atoms with Gasteiger partial charge in [0.15, 0.2) is 6.61 Å². The Labute approximate surface area is 131 Å². The highest BCUT2D eigenvalue weighted by atomic mass is 16.5. The van der Waals surface area contributed by atoms with Gasteiger partial charge in [0.2, 0.25) is 0 Å². The van der Waals surface area contributed by atoms with Crippen LogP contribution in [0.1, 0.15) is 55.1 Å². The Bertz CT molecular complexity index is 541. The second-order valence-electron chi connectivity index (χ2n) is 6.21. The van der Waals surface area contributed by atoms with E-state index in [4.69, 9.17) is 9.84 Å². The predicted molar refractivity (Wildman–Crippen MR) is 85.5 cm³/mol. The molecular weight excluding hydrogens is 282 g/mol. The van der Waals surface area contributed by atoms with Crippen LogP contribution in [0.4, 0.5) is 0 Å². The number of aliphatic carboxylic acids is 1. The van der Waals surface area contributed by atoms with Gasteiger partial charge in [-0.2, -0.15) is 0 Å². The molecule has 0 radical (unpaired) electrons. The lowest BCUT2D eigenvalue weighted by Gasteiger charge is -2.26. The maximum absolute atomic E-state index is 12.4. The second-order valence-corrected chi connectivity index (χ2v) is 6.21. The molecule has 5 heteroatoms. The zero-order valence-corrected chi connectivity index (χ0v) is 13.9. The number of amides is 1. The minimum absolute atomic E-state index is 0.130. The first-order valence-corrected chi connectivity index (χ1v) is 7.44. The number of nitrogens with one attached hydrogen (secondary N) is 1. The number of hydrogen-bond donors (Lipinski definition) is 2. The molecule has 0 heterocycles. The summed E-state index contributed by atoms with van der Waals surface area (Å²) < 4.78 is 5.27. The summed E-state index contributed by atoms with van der Waals surface area (Å²) in [5, 5.41) is 11.7. The van der Waals surface area contributed by atoms with E-state index >= 15 is 0 Å². The van der Waals surface area contributed by atoms with Gasteiger partial charge in [0.25, 0.3) is 5.91 Å². The minimum Gasteiger partial charge on any atom is -0.481 e. The van der Waals surface area contributed by atoms with Crippen LogP contribution in [-0.2, 0) is 4.79 Å². The standard InChI is InChI=1S/C17H25NO4/c1-6-7-17(4,5)18-16(21)13-8-11(2)15(12(3)9-13)22-10-14(19)20/h8-9H,6-7,10H2,1-5H3,(H,18,21)(H,19,20). The lowest BCUT2D eigenvalue weighted by Crippen LogP contribution is -2.43. The van der Waals surface area contributed by atoms with E-state index in [9.17, 15) is 9.59 Å². The van der Waals surface area contributed by atoms with Gasteiger partial charge in [-0.25, -0.2) is 4.79 Å². The number of carboxylic acids is 1. The van der Waals surface area contributed by atoms with Crippen molar-refractivity contribution < 1.29 is 19.4 Å². The van der Waals surface area contributed by atoms with Crippen molar-refractivity contribution in [1.82, 2.24) is 5.32 Å². The van der Waals surface area contributed by atoms with E-state index in [0.717, 1.165) is 24.0 Å². The van der Waals surface area contributed by atoms with Crippen molar-refractivity contribution in [3.63, 3.8) is 0 Å². The number of benzene rings is 1. The molecule has 0 aliphatic heterocycles. The molecule has 0 aliphatic carbocycles. The molecule has 5 nitrogen and oxygen atoms in total. The van der Waals surface area contributed by atoms with Crippen molar-refractivity contribution in [2.24, 2.45) is 0 Å². The van der Waals surface area contributed by atoms with Gasteiger partial charge in [0.1, 0.15) is 5.75 Å². The summed E-state index contributed by atoms with van der Waals surface area (Å²) in [4.78, 5) is 23.0. The number of carbonyl (C=O) groups is 2. The topological polar surface area (TPSA) is 75.6 Å². The quantitative estimate of drug-likeness (QED) is 0.811. The monoisotopic (exact) mass is 307 g/mol. The van der Waals surface area contributed by atoms with Crippen LogP contribution in [0.3, 0.4) is 0 Å². The Kier molecular flexibility index (Phi) is 5.97. The first kappa shape index (κ1) is 18.0. The Morgan fingerprint density at radius 3 is 2.23 bits per heavy atom. The highest BCUT2D eigenvalue weighted by Gasteiger charge is 2.21. The Morgan fingerprint density at radius 2 is 1.77 bits per heavy atom. The molecule has 22 heavy (non-hydrogen) atoms. The third-order valence-electron chi connectivity index (χ3n) is 3.39. The molecule has 0 aromatic heterocycles. The Balaban J connectivity index is 2.94. The van der Waals surface area contributed by atoms with Crippen LogP contribution >= 0.6 is 0 Å². The van der Waals surface area contributed by atoms with Gasteiger partial charge >= 0.3 is 5.97 Å². The number of ether oxygens (including phenoxy) is 1. The van der Waals surface area contributed by atoms with Crippen molar-refractivity contribution in [2.45, 2.75) is 53.0 Å². The van der Waals surface area contributed by atoms with E-state index < -0.39 is 12.6 Å². The van der Waals surface area contributed by atoms with Crippen LogP contribution in [0, 0.1) is 13.8 Å². The number of hydrogen-bond acceptors (Lipinski definition) is 3. The van der Waals surface area contributed by atoms with E-state index in [1.54, 1.807) is 26.0 Å². The fourth-order valence-electron chi connectivity index (χ4n) is 2.51. The van der Waals surface area contributed by atoms with Crippen LogP contribution in [0.5, 0.6) is 5.75 Å². The van der Waals surface area contributed by atoms with E-state index in [-0.39, 0.29) is 11.4 Å².